The number of amides is 2. The van der Waals surface area contributed by atoms with Crippen LogP contribution in [0.3, 0.4) is 0 Å². The van der Waals surface area contributed by atoms with Crippen molar-refractivity contribution in [3.8, 4) is 0 Å². The minimum atomic E-state index is -0.655. The van der Waals surface area contributed by atoms with Gasteiger partial charge in [-0.05, 0) is 44.5 Å². The lowest BCUT2D eigenvalue weighted by atomic mass is 9.56. The van der Waals surface area contributed by atoms with Gasteiger partial charge < -0.3 is 4.90 Å². The summed E-state index contributed by atoms with van der Waals surface area (Å²) in [6.07, 6.45) is 2.02. The van der Waals surface area contributed by atoms with Crippen molar-refractivity contribution in [1.82, 2.24) is 10.2 Å². The van der Waals surface area contributed by atoms with Crippen molar-refractivity contribution in [3.63, 3.8) is 0 Å². The van der Waals surface area contributed by atoms with E-state index in [0.29, 0.717) is 6.42 Å². The van der Waals surface area contributed by atoms with E-state index in [0.717, 1.165) is 24.9 Å². The van der Waals surface area contributed by atoms with Crippen LogP contribution in [-0.4, -0.2) is 37.4 Å². The average Bonchev–Trinajstić information content (AvgIpc) is 2.41. The number of imide groups is 1. The lowest BCUT2D eigenvalue weighted by Gasteiger charge is -2.48. The molecule has 1 atom stereocenters. The van der Waals surface area contributed by atoms with Gasteiger partial charge in [0.05, 0.1) is 5.41 Å². The summed E-state index contributed by atoms with van der Waals surface area (Å²) >= 11 is 0. The van der Waals surface area contributed by atoms with Crippen molar-refractivity contribution < 1.29 is 9.59 Å². The minimum absolute atomic E-state index is 0.154. The third-order valence-corrected chi connectivity index (χ3v) is 4.82. The monoisotopic (exact) mass is 302 g/mol. The summed E-state index contributed by atoms with van der Waals surface area (Å²) in [7, 11) is 4.07. The molecule has 22 heavy (non-hydrogen) atoms. The first-order valence-corrected chi connectivity index (χ1v) is 7.84. The molecule has 0 aromatic heterocycles. The van der Waals surface area contributed by atoms with Gasteiger partial charge in [0.2, 0.25) is 11.8 Å². The van der Waals surface area contributed by atoms with Crippen LogP contribution in [0.5, 0.6) is 0 Å². The summed E-state index contributed by atoms with van der Waals surface area (Å²) in [6.45, 7) is 4.99. The highest BCUT2D eigenvalue weighted by atomic mass is 16.2. The summed E-state index contributed by atoms with van der Waals surface area (Å²) in [5.41, 5.74) is -0.0538. The van der Waals surface area contributed by atoms with E-state index in [4.69, 9.17) is 0 Å². The Hall–Kier alpha value is -1.68. The van der Waals surface area contributed by atoms with Crippen molar-refractivity contribution >= 4 is 11.8 Å². The van der Waals surface area contributed by atoms with E-state index >= 15 is 0 Å². The van der Waals surface area contributed by atoms with Crippen molar-refractivity contribution in [2.75, 3.05) is 20.6 Å². The van der Waals surface area contributed by atoms with Gasteiger partial charge in [0.1, 0.15) is 0 Å². The topological polar surface area (TPSA) is 49.4 Å². The molecule has 1 aliphatic rings. The minimum Gasteiger partial charge on any atom is -0.309 e. The molecule has 1 saturated heterocycles. The molecule has 1 N–H and O–H groups in total. The fourth-order valence-corrected chi connectivity index (χ4v) is 3.64. The lowest BCUT2D eigenvalue weighted by Crippen LogP contribution is -2.61. The molecule has 1 aliphatic heterocycles. The second-order valence-electron chi connectivity index (χ2n) is 7.12. The first-order valence-electron chi connectivity index (χ1n) is 7.84. The molecule has 1 fully saturated rings. The highest BCUT2D eigenvalue weighted by Crippen LogP contribution is 2.49. The van der Waals surface area contributed by atoms with Crippen molar-refractivity contribution in [3.05, 3.63) is 35.9 Å². The third kappa shape index (κ3) is 2.93. The fraction of sp³-hybridized carbons (Fsp3) is 0.556. The zero-order valence-corrected chi connectivity index (χ0v) is 14.0. The predicted molar refractivity (Wildman–Crippen MR) is 87.5 cm³/mol. The van der Waals surface area contributed by atoms with E-state index in [-0.39, 0.29) is 11.8 Å². The number of benzene rings is 1. The molecule has 4 heteroatoms. The van der Waals surface area contributed by atoms with Gasteiger partial charge in [0.15, 0.2) is 0 Å². The van der Waals surface area contributed by atoms with Crippen molar-refractivity contribution in [2.45, 2.75) is 38.5 Å². The number of nitrogens with one attached hydrogen (secondary N) is 1. The van der Waals surface area contributed by atoms with E-state index in [9.17, 15) is 9.59 Å². The Labute approximate surface area is 132 Å². The smallest absolute Gasteiger partial charge is 0.237 e. The normalized spacial score (nSPS) is 24.4. The van der Waals surface area contributed by atoms with Crippen LogP contribution in [0.4, 0.5) is 0 Å². The Morgan fingerprint density at radius 2 is 1.77 bits per heavy atom. The summed E-state index contributed by atoms with van der Waals surface area (Å²) in [4.78, 5) is 26.8. The second-order valence-corrected chi connectivity index (χ2v) is 7.12. The summed E-state index contributed by atoms with van der Waals surface area (Å²) in [6, 6.07) is 9.89. The SMILES string of the molecule is CN(C)CCCC1(c2ccccc2)C(=O)NC(=O)CC1(C)C. The highest BCUT2D eigenvalue weighted by Gasteiger charge is 2.55. The fourth-order valence-electron chi connectivity index (χ4n) is 3.64. The molecule has 0 radical (unpaired) electrons. The zero-order chi connectivity index (χ0) is 16.4. The lowest BCUT2D eigenvalue weighted by molar-refractivity contribution is -0.145. The Balaban J connectivity index is 2.44. The summed E-state index contributed by atoms with van der Waals surface area (Å²) in [5.74, 6) is -0.326. The van der Waals surface area contributed by atoms with E-state index in [1.807, 2.05) is 58.3 Å². The molecule has 0 aliphatic carbocycles. The molecular weight excluding hydrogens is 276 g/mol. The van der Waals surface area contributed by atoms with Crippen LogP contribution in [0.1, 0.15) is 38.7 Å². The van der Waals surface area contributed by atoms with Gasteiger partial charge in [-0.15, -0.1) is 0 Å². The van der Waals surface area contributed by atoms with Crippen LogP contribution >= 0.6 is 0 Å². The van der Waals surface area contributed by atoms with Gasteiger partial charge in [-0.1, -0.05) is 44.2 Å². The molecule has 1 unspecified atom stereocenters. The first kappa shape index (κ1) is 16.7. The molecule has 120 valence electrons. The molecule has 0 spiro atoms. The van der Waals surface area contributed by atoms with Gasteiger partial charge in [-0.25, -0.2) is 0 Å². The molecule has 4 nitrogen and oxygen atoms in total. The largest absolute Gasteiger partial charge is 0.309 e. The molecule has 1 aromatic carbocycles. The quantitative estimate of drug-likeness (QED) is 0.849. The van der Waals surface area contributed by atoms with Gasteiger partial charge in [-0.3, -0.25) is 14.9 Å². The van der Waals surface area contributed by atoms with E-state index in [1.54, 1.807) is 0 Å². The van der Waals surface area contributed by atoms with Gasteiger partial charge >= 0.3 is 0 Å². The first-order chi connectivity index (χ1) is 10.3. The van der Waals surface area contributed by atoms with Gasteiger partial charge in [0, 0.05) is 6.42 Å². The molecule has 2 rings (SSSR count). The van der Waals surface area contributed by atoms with Crippen LogP contribution < -0.4 is 5.32 Å². The number of carbonyl (C=O) groups excluding carboxylic acids is 2. The Morgan fingerprint density at radius 1 is 1.14 bits per heavy atom. The van der Waals surface area contributed by atoms with E-state index in [2.05, 4.69) is 10.2 Å². The van der Waals surface area contributed by atoms with Crippen LogP contribution in [0, 0.1) is 5.41 Å². The average molecular weight is 302 g/mol. The number of rotatable bonds is 5. The maximum Gasteiger partial charge on any atom is 0.237 e. The van der Waals surface area contributed by atoms with E-state index in [1.165, 1.54) is 0 Å². The molecule has 2 amide bonds. The summed E-state index contributed by atoms with van der Waals surface area (Å²) in [5, 5.41) is 2.57. The maximum atomic E-state index is 12.9. The number of nitrogens with zero attached hydrogens (tertiary/aromatic N) is 1. The Kier molecular flexibility index (Phi) is 4.71. The van der Waals surface area contributed by atoms with Crippen LogP contribution in [0.15, 0.2) is 30.3 Å². The van der Waals surface area contributed by atoms with Crippen LogP contribution in [0.25, 0.3) is 0 Å². The van der Waals surface area contributed by atoms with Crippen LogP contribution in [-0.2, 0) is 15.0 Å². The third-order valence-electron chi connectivity index (χ3n) is 4.82. The zero-order valence-electron chi connectivity index (χ0n) is 14.0. The molecule has 0 bridgehead atoms. The maximum absolute atomic E-state index is 12.9. The number of hydrogen-bond donors (Lipinski definition) is 1. The summed E-state index contributed by atoms with van der Waals surface area (Å²) < 4.78 is 0. The number of carbonyl (C=O) groups is 2. The standard InChI is InChI=1S/C18H26N2O2/c1-17(2)13-15(21)19-16(22)18(17,11-8-12-20(3)4)14-9-6-5-7-10-14/h5-7,9-10H,8,11-13H2,1-4H3,(H,19,21,22). The molecule has 1 aromatic rings. The molecule has 0 saturated carbocycles. The van der Waals surface area contributed by atoms with Crippen molar-refractivity contribution in [1.29, 1.82) is 0 Å². The molecular formula is C18H26N2O2. The second kappa shape index (κ2) is 6.21. The van der Waals surface area contributed by atoms with Gasteiger partial charge in [-0.2, -0.15) is 0 Å². The number of hydrogen-bond acceptors (Lipinski definition) is 3. The van der Waals surface area contributed by atoms with Crippen molar-refractivity contribution in [2.24, 2.45) is 5.41 Å². The van der Waals surface area contributed by atoms with Gasteiger partial charge in [0.25, 0.3) is 0 Å². The predicted octanol–water partition coefficient (Wildman–Crippen LogP) is 2.34. The van der Waals surface area contributed by atoms with Crippen LogP contribution in [0.2, 0.25) is 0 Å². The Morgan fingerprint density at radius 3 is 2.32 bits per heavy atom. The Bertz CT molecular complexity index is 551. The molecule has 1 heterocycles. The number of piperidine rings is 1. The van der Waals surface area contributed by atoms with E-state index < -0.39 is 10.8 Å². The highest BCUT2D eigenvalue weighted by molar-refractivity contribution is 6.04.